The number of nitrogens with zero attached hydrogens (tertiary/aromatic N) is 2. The van der Waals surface area contributed by atoms with Gasteiger partial charge in [0, 0.05) is 26.2 Å². The van der Waals surface area contributed by atoms with E-state index in [0.29, 0.717) is 13.1 Å². The summed E-state index contributed by atoms with van der Waals surface area (Å²) < 4.78 is 5.66. The molecule has 0 N–H and O–H groups in total. The molecule has 1 atom stereocenters. The molecule has 3 aromatic carbocycles. The van der Waals surface area contributed by atoms with Crippen molar-refractivity contribution in [2.45, 2.75) is 19.9 Å². The van der Waals surface area contributed by atoms with Crippen molar-refractivity contribution < 1.29 is 9.53 Å². The smallest absolute Gasteiger partial charge is 0.260 e. The third kappa shape index (κ3) is 5.15. The molecule has 0 radical (unpaired) electrons. The minimum atomic E-state index is 0.0477. The number of aryl methyl sites for hydroxylation is 2. The van der Waals surface area contributed by atoms with Gasteiger partial charge < -0.3 is 9.64 Å². The number of carbonyl (C=O) groups excluding carboxylic acids is 1. The predicted octanol–water partition coefficient (Wildman–Crippen LogP) is 4.62. The van der Waals surface area contributed by atoms with E-state index in [9.17, 15) is 4.79 Å². The van der Waals surface area contributed by atoms with Gasteiger partial charge in [0.05, 0.1) is 6.04 Å². The Morgan fingerprint density at radius 2 is 1.52 bits per heavy atom. The molecule has 1 saturated heterocycles. The quantitative estimate of drug-likeness (QED) is 0.590. The Kier molecular flexibility index (Phi) is 6.68. The van der Waals surface area contributed by atoms with Crippen molar-refractivity contribution >= 4 is 5.91 Å². The maximum absolute atomic E-state index is 12.7. The van der Waals surface area contributed by atoms with Gasteiger partial charge in [-0.15, -0.1) is 0 Å². The van der Waals surface area contributed by atoms with Gasteiger partial charge in [-0.1, -0.05) is 72.3 Å². The number of ether oxygens (including phenoxy) is 1. The molecule has 1 aliphatic rings. The van der Waals surface area contributed by atoms with Crippen LogP contribution in [0.2, 0.25) is 0 Å². The second-order valence-corrected chi connectivity index (χ2v) is 8.19. The number of benzene rings is 3. The van der Waals surface area contributed by atoms with Crippen molar-refractivity contribution in [1.29, 1.82) is 0 Å². The Bertz CT molecular complexity index is 996. The molecule has 0 aliphatic carbocycles. The van der Waals surface area contributed by atoms with Crippen LogP contribution in [0.1, 0.15) is 28.3 Å². The summed E-state index contributed by atoms with van der Waals surface area (Å²) in [4.78, 5) is 17.1. The highest BCUT2D eigenvalue weighted by molar-refractivity contribution is 5.77. The Morgan fingerprint density at radius 1 is 0.871 bits per heavy atom. The molecule has 160 valence electrons. The van der Waals surface area contributed by atoms with Crippen molar-refractivity contribution in [3.63, 3.8) is 0 Å². The Labute approximate surface area is 185 Å². The van der Waals surface area contributed by atoms with Crippen LogP contribution in [-0.2, 0) is 4.79 Å². The van der Waals surface area contributed by atoms with Crippen LogP contribution in [0, 0.1) is 13.8 Å². The molecule has 0 unspecified atom stereocenters. The second kappa shape index (κ2) is 9.80. The van der Waals surface area contributed by atoms with Gasteiger partial charge in [-0.2, -0.15) is 0 Å². The number of carbonyl (C=O) groups is 1. The molecule has 0 aromatic heterocycles. The van der Waals surface area contributed by atoms with E-state index in [2.05, 4.69) is 67.3 Å². The zero-order valence-corrected chi connectivity index (χ0v) is 18.3. The molecule has 0 spiro atoms. The van der Waals surface area contributed by atoms with Gasteiger partial charge >= 0.3 is 0 Å². The fourth-order valence-corrected chi connectivity index (χ4v) is 4.26. The SMILES string of the molecule is Cc1ccc(C)c([C@@H](c2ccccc2)N2CCN(C(=O)COc3ccccc3)CC2)c1. The minimum absolute atomic E-state index is 0.0477. The minimum Gasteiger partial charge on any atom is -0.484 e. The van der Waals surface area contributed by atoms with Crippen LogP contribution in [0.5, 0.6) is 5.75 Å². The molecular weight excluding hydrogens is 384 g/mol. The van der Waals surface area contributed by atoms with Crippen molar-refractivity contribution in [2.24, 2.45) is 0 Å². The number of hydrogen-bond acceptors (Lipinski definition) is 3. The van der Waals surface area contributed by atoms with Gasteiger partial charge in [-0.25, -0.2) is 0 Å². The van der Waals surface area contributed by atoms with E-state index in [-0.39, 0.29) is 18.6 Å². The molecule has 3 aromatic rings. The predicted molar refractivity (Wildman–Crippen MR) is 124 cm³/mol. The van der Waals surface area contributed by atoms with E-state index in [0.717, 1.165) is 18.8 Å². The maximum Gasteiger partial charge on any atom is 0.260 e. The normalized spacial score (nSPS) is 15.5. The first-order valence-corrected chi connectivity index (χ1v) is 10.9. The van der Waals surface area contributed by atoms with E-state index >= 15 is 0 Å². The van der Waals surface area contributed by atoms with E-state index in [1.807, 2.05) is 35.2 Å². The van der Waals surface area contributed by atoms with Crippen LogP contribution < -0.4 is 4.74 Å². The molecule has 4 nitrogen and oxygen atoms in total. The lowest BCUT2D eigenvalue weighted by molar-refractivity contribution is -0.135. The lowest BCUT2D eigenvalue weighted by Gasteiger charge is -2.40. The van der Waals surface area contributed by atoms with E-state index in [1.54, 1.807) is 0 Å². The number of amides is 1. The van der Waals surface area contributed by atoms with Crippen LogP contribution >= 0.6 is 0 Å². The highest BCUT2D eigenvalue weighted by Gasteiger charge is 2.29. The number of para-hydroxylation sites is 1. The van der Waals surface area contributed by atoms with Gasteiger partial charge in [0.2, 0.25) is 0 Å². The van der Waals surface area contributed by atoms with Gasteiger partial charge in [-0.05, 0) is 42.7 Å². The first-order valence-electron chi connectivity index (χ1n) is 10.9. The van der Waals surface area contributed by atoms with Crippen LogP contribution in [-0.4, -0.2) is 48.5 Å². The van der Waals surface area contributed by atoms with Gasteiger partial charge in [0.1, 0.15) is 5.75 Å². The third-order valence-electron chi connectivity index (χ3n) is 5.98. The van der Waals surface area contributed by atoms with Gasteiger partial charge in [-0.3, -0.25) is 9.69 Å². The third-order valence-corrected chi connectivity index (χ3v) is 5.98. The summed E-state index contributed by atoms with van der Waals surface area (Å²) in [5.74, 6) is 0.778. The lowest BCUT2D eigenvalue weighted by atomic mass is 9.92. The molecule has 4 heteroatoms. The van der Waals surface area contributed by atoms with Crippen LogP contribution in [0.25, 0.3) is 0 Å². The summed E-state index contributed by atoms with van der Waals surface area (Å²) in [6.45, 7) is 7.52. The van der Waals surface area contributed by atoms with E-state index < -0.39 is 0 Å². The summed E-state index contributed by atoms with van der Waals surface area (Å²) in [5.41, 5.74) is 5.21. The summed E-state index contributed by atoms with van der Waals surface area (Å²) in [7, 11) is 0. The molecule has 0 saturated carbocycles. The topological polar surface area (TPSA) is 32.8 Å². The molecular formula is C27H30N2O2. The lowest BCUT2D eigenvalue weighted by Crippen LogP contribution is -2.51. The number of rotatable bonds is 6. The highest BCUT2D eigenvalue weighted by Crippen LogP contribution is 2.32. The summed E-state index contributed by atoms with van der Waals surface area (Å²) >= 11 is 0. The maximum atomic E-state index is 12.7. The van der Waals surface area contributed by atoms with E-state index in [1.165, 1.54) is 22.3 Å². The van der Waals surface area contributed by atoms with Gasteiger partial charge in [0.25, 0.3) is 5.91 Å². The summed E-state index contributed by atoms with van der Waals surface area (Å²) in [5, 5.41) is 0. The van der Waals surface area contributed by atoms with Crippen LogP contribution in [0.4, 0.5) is 0 Å². The Balaban J connectivity index is 1.45. The summed E-state index contributed by atoms with van der Waals surface area (Å²) in [6, 6.07) is 27.1. The molecule has 1 fully saturated rings. The second-order valence-electron chi connectivity index (χ2n) is 8.19. The average molecular weight is 415 g/mol. The van der Waals surface area contributed by atoms with Crippen molar-refractivity contribution in [3.05, 3.63) is 101 Å². The first kappa shape index (κ1) is 21.1. The fourth-order valence-electron chi connectivity index (χ4n) is 4.26. The van der Waals surface area contributed by atoms with Crippen molar-refractivity contribution in [2.75, 3.05) is 32.8 Å². The Morgan fingerprint density at radius 3 is 2.19 bits per heavy atom. The molecule has 0 bridgehead atoms. The fraction of sp³-hybridized carbons (Fsp3) is 0.296. The monoisotopic (exact) mass is 414 g/mol. The Hall–Kier alpha value is -3.11. The van der Waals surface area contributed by atoms with Crippen LogP contribution in [0.3, 0.4) is 0 Å². The number of hydrogen-bond donors (Lipinski definition) is 0. The molecule has 1 heterocycles. The zero-order valence-electron chi connectivity index (χ0n) is 18.3. The summed E-state index contributed by atoms with van der Waals surface area (Å²) in [6.07, 6.45) is 0. The zero-order chi connectivity index (χ0) is 21.6. The number of piperazine rings is 1. The molecule has 1 aliphatic heterocycles. The van der Waals surface area contributed by atoms with Crippen molar-refractivity contribution in [1.82, 2.24) is 9.80 Å². The average Bonchev–Trinajstić information content (AvgIpc) is 2.82. The van der Waals surface area contributed by atoms with Gasteiger partial charge in [0.15, 0.2) is 6.61 Å². The molecule has 1 amide bonds. The largest absolute Gasteiger partial charge is 0.484 e. The molecule has 31 heavy (non-hydrogen) atoms. The van der Waals surface area contributed by atoms with E-state index in [4.69, 9.17) is 4.74 Å². The standard InChI is InChI=1S/C27H30N2O2/c1-21-13-14-22(2)25(19-21)27(23-9-5-3-6-10-23)29-17-15-28(16-18-29)26(30)20-31-24-11-7-4-8-12-24/h3-14,19,27H,15-18,20H2,1-2H3/t27-/m1/s1. The van der Waals surface area contributed by atoms with Crippen molar-refractivity contribution in [3.8, 4) is 5.75 Å². The molecule has 4 rings (SSSR count). The van der Waals surface area contributed by atoms with Crippen LogP contribution in [0.15, 0.2) is 78.9 Å². The highest BCUT2D eigenvalue weighted by atomic mass is 16.5. The first-order chi connectivity index (χ1) is 15.1.